The highest BCUT2D eigenvalue weighted by atomic mass is 32.2. The maximum absolute atomic E-state index is 12.6. The van der Waals surface area contributed by atoms with Crippen LogP contribution in [0.25, 0.3) is 11.3 Å². The summed E-state index contributed by atoms with van der Waals surface area (Å²) >= 11 is 1.20. The molecule has 0 radical (unpaired) electrons. The number of rotatable bonds is 13. The van der Waals surface area contributed by atoms with E-state index in [2.05, 4.69) is 32.1 Å². The highest BCUT2D eigenvalue weighted by molar-refractivity contribution is 8.00. The minimum absolute atomic E-state index is 0.177. The van der Waals surface area contributed by atoms with Crippen LogP contribution < -0.4 is 14.8 Å². The number of aromatic nitrogens is 2. The SMILES string of the molecule is Cc1cccc(C)c1-c1cc(OC(CNC(=O)OC(C)(C)C)CN(C)Cc2ccccc2)nc(NSc2cccc(C(=O)O)c2)n1. The first kappa shape index (κ1) is 34.3. The number of hydrogen-bond acceptors (Lipinski definition) is 9. The summed E-state index contributed by atoms with van der Waals surface area (Å²) in [5, 5.41) is 12.2. The van der Waals surface area contributed by atoms with Crippen LogP contribution in [-0.2, 0) is 11.3 Å². The lowest BCUT2D eigenvalue weighted by molar-refractivity contribution is 0.0485. The van der Waals surface area contributed by atoms with Gasteiger partial charge in [-0.2, -0.15) is 4.98 Å². The van der Waals surface area contributed by atoms with E-state index in [4.69, 9.17) is 14.5 Å². The number of nitrogens with one attached hydrogen (secondary N) is 2. The second-order valence-corrected chi connectivity index (χ2v) is 12.9. The largest absolute Gasteiger partial charge is 0.478 e. The van der Waals surface area contributed by atoms with Crippen LogP contribution in [0, 0.1) is 13.8 Å². The van der Waals surface area contributed by atoms with Crippen molar-refractivity contribution in [3.05, 3.63) is 101 Å². The van der Waals surface area contributed by atoms with Gasteiger partial charge in [0.05, 0.1) is 17.8 Å². The minimum atomic E-state index is -1.00. The summed E-state index contributed by atoms with van der Waals surface area (Å²) in [5.74, 6) is -0.397. The number of likely N-dealkylation sites (N-methyl/N-ethyl adjacent to an activating group) is 1. The number of carbonyl (C=O) groups excluding carboxylic acids is 1. The van der Waals surface area contributed by atoms with Gasteiger partial charge in [0.15, 0.2) is 0 Å². The lowest BCUT2D eigenvalue weighted by atomic mass is 10.00. The van der Waals surface area contributed by atoms with Crippen molar-refractivity contribution >= 4 is 30.0 Å². The maximum Gasteiger partial charge on any atom is 0.407 e. The van der Waals surface area contributed by atoms with Crippen LogP contribution in [0.3, 0.4) is 0 Å². The van der Waals surface area contributed by atoms with Crippen LogP contribution in [0.1, 0.15) is 47.8 Å². The molecular weight excluding hydrogens is 602 g/mol. The molecular formula is C35H41N5O5S. The van der Waals surface area contributed by atoms with Crippen molar-refractivity contribution in [2.45, 2.75) is 57.8 Å². The van der Waals surface area contributed by atoms with Gasteiger partial charge in [-0.1, -0.05) is 54.6 Å². The normalized spacial score (nSPS) is 12.0. The third kappa shape index (κ3) is 10.5. The van der Waals surface area contributed by atoms with Crippen LogP contribution in [0.2, 0.25) is 0 Å². The molecule has 0 aliphatic carbocycles. The van der Waals surface area contributed by atoms with E-state index in [-0.39, 0.29) is 18.1 Å². The zero-order valence-electron chi connectivity index (χ0n) is 27.0. The van der Waals surface area contributed by atoms with Gasteiger partial charge >= 0.3 is 12.1 Å². The number of amides is 1. The number of anilines is 1. The minimum Gasteiger partial charge on any atom is -0.478 e. The van der Waals surface area contributed by atoms with Gasteiger partial charge in [-0.25, -0.2) is 14.6 Å². The van der Waals surface area contributed by atoms with Crippen LogP contribution in [0.15, 0.2) is 83.8 Å². The third-order valence-corrected chi connectivity index (χ3v) is 7.53. The van der Waals surface area contributed by atoms with Gasteiger partial charge in [0.2, 0.25) is 11.8 Å². The fraction of sp³-hybridized carbons (Fsp3) is 0.314. The molecule has 0 saturated heterocycles. The molecule has 1 heterocycles. The number of ether oxygens (including phenoxy) is 2. The lowest BCUT2D eigenvalue weighted by Gasteiger charge is -2.26. The molecule has 4 rings (SSSR count). The fourth-order valence-electron chi connectivity index (χ4n) is 4.81. The van der Waals surface area contributed by atoms with E-state index in [0.717, 1.165) is 22.3 Å². The molecule has 1 unspecified atom stereocenters. The molecule has 10 nitrogen and oxygen atoms in total. The molecule has 4 aromatic rings. The van der Waals surface area contributed by atoms with Crippen LogP contribution >= 0.6 is 11.9 Å². The average molecular weight is 644 g/mol. The van der Waals surface area contributed by atoms with Gasteiger partial charge in [-0.15, -0.1) is 0 Å². The van der Waals surface area contributed by atoms with Gasteiger partial charge in [0, 0.05) is 29.6 Å². The number of benzene rings is 3. The number of nitrogens with zero attached hydrogens (tertiary/aromatic N) is 3. The number of carbonyl (C=O) groups is 2. The number of carboxylic acids is 1. The molecule has 3 aromatic carbocycles. The smallest absolute Gasteiger partial charge is 0.407 e. The monoisotopic (exact) mass is 643 g/mol. The number of carboxylic acid groups (broad SMARTS) is 1. The molecule has 46 heavy (non-hydrogen) atoms. The maximum atomic E-state index is 12.6. The Kier molecular flexibility index (Phi) is 11.6. The van der Waals surface area contributed by atoms with Gasteiger partial charge in [0.1, 0.15) is 11.7 Å². The quantitative estimate of drug-likeness (QED) is 0.131. The van der Waals surface area contributed by atoms with Gasteiger partial charge in [0.25, 0.3) is 0 Å². The Balaban J connectivity index is 1.63. The second kappa shape index (κ2) is 15.6. The summed E-state index contributed by atoms with van der Waals surface area (Å²) in [4.78, 5) is 36.3. The van der Waals surface area contributed by atoms with Gasteiger partial charge in [-0.05, 0) is 88.5 Å². The number of aryl methyl sites for hydroxylation is 2. The van der Waals surface area contributed by atoms with Crippen molar-refractivity contribution in [2.24, 2.45) is 0 Å². The summed E-state index contributed by atoms with van der Waals surface area (Å²) in [5.41, 5.74) is 4.41. The molecule has 1 atom stereocenters. The predicted octanol–water partition coefficient (Wildman–Crippen LogP) is 6.98. The van der Waals surface area contributed by atoms with Crippen molar-refractivity contribution in [3.8, 4) is 17.1 Å². The number of aromatic carboxylic acids is 1. The average Bonchev–Trinajstić information content (AvgIpc) is 2.98. The first-order chi connectivity index (χ1) is 21.9. The molecule has 0 saturated carbocycles. The van der Waals surface area contributed by atoms with Crippen molar-refractivity contribution < 1.29 is 24.2 Å². The highest BCUT2D eigenvalue weighted by Crippen LogP contribution is 2.30. The third-order valence-electron chi connectivity index (χ3n) is 6.75. The van der Waals surface area contributed by atoms with E-state index >= 15 is 0 Å². The first-order valence-corrected chi connectivity index (χ1v) is 15.8. The molecule has 0 aliphatic heterocycles. The van der Waals surface area contributed by atoms with Crippen molar-refractivity contribution in [1.82, 2.24) is 20.2 Å². The standard InChI is InChI=1S/C35H41N5O5S/c1-23-12-10-13-24(2)31(23)29-19-30(38-33(37-29)39-46-28-17-11-16-26(18-28)32(41)42)44-27(20-36-34(43)45-35(3,4)5)22-40(6)21-25-14-8-7-9-15-25/h7-19,27H,20-22H2,1-6H3,(H,36,43)(H,41,42)(H,37,38,39). The fourth-order valence-corrected chi connectivity index (χ4v) is 5.44. The van der Waals surface area contributed by atoms with Crippen molar-refractivity contribution in [2.75, 3.05) is 24.9 Å². The summed E-state index contributed by atoms with van der Waals surface area (Å²) in [6.07, 6.45) is -1.03. The van der Waals surface area contributed by atoms with E-state index in [1.54, 1.807) is 24.3 Å². The molecule has 0 spiro atoms. The number of hydrogen-bond donors (Lipinski definition) is 3. The molecule has 242 valence electrons. The van der Waals surface area contributed by atoms with Crippen LogP contribution in [0.4, 0.5) is 10.7 Å². The van der Waals surface area contributed by atoms with Crippen molar-refractivity contribution in [3.63, 3.8) is 0 Å². The van der Waals surface area contributed by atoms with E-state index < -0.39 is 23.8 Å². The summed E-state index contributed by atoms with van der Waals surface area (Å²) in [6, 6.07) is 24.6. The molecule has 0 bridgehead atoms. The Bertz CT molecular complexity index is 1620. The van der Waals surface area contributed by atoms with Crippen molar-refractivity contribution in [1.29, 1.82) is 0 Å². The zero-order valence-corrected chi connectivity index (χ0v) is 27.9. The van der Waals surface area contributed by atoms with E-state index in [1.807, 2.05) is 78.1 Å². The molecule has 0 aliphatic rings. The van der Waals surface area contributed by atoms with E-state index in [0.29, 0.717) is 29.6 Å². The zero-order chi connectivity index (χ0) is 33.3. The Morgan fingerprint density at radius 1 is 0.957 bits per heavy atom. The summed E-state index contributed by atoms with van der Waals surface area (Å²) in [7, 11) is 1.99. The molecule has 11 heteroatoms. The summed E-state index contributed by atoms with van der Waals surface area (Å²) < 4.78 is 15.1. The van der Waals surface area contributed by atoms with Crippen LogP contribution in [-0.4, -0.2) is 63.9 Å². The lowest BCUT2D eigenvalue weighted by Crippen LogP contribution is -2.43. The molecule has 0 fully saturated rings. The van der Waals surface area contributed by atoms with Gasteiger partial charge in [-0.3, -0.25) is 9.62 Å². The Labute approximate surface area is 274 Å². The Morgan fingerprint density at radius 2 is 1.65 bits per heavy atom. The predicted molar refractivity (Wildman–Crippen MR) is 181 cm³/mol. The number of alkyl carbamates (subject to hydrolysis) is 1. The van der Waals surface area contributed by atoms with E-state index in [9.17, 15) is 14.7 Å². The Hall–Kier alpha value is -4.61. The highest BCUT2D eigenvalue weighted by Gasteiger charge is 2.21. The van der Waals surface area contributed by atoms with Crippen LogP contribution in [0.5, 0.6) is 5.88 Å². The first-order valence-electron chi connectivity index (χ1n) is 14.9. The second-order valence-electron chi connectivity index (χ2n) is 12.0. The molecule has 1 aromatic heterocycles. The topological polar surface area (TPSA) is 126 Å². The Morgan fingerprint density at radius 3 is 2.33 bits per heavy atom. The molecule has 3 N–H and O–H groups in total. The summed E-state index contributed by atoms with van der Waals surface area (Å²) in [6.45, 7) is 10.8. The van der Waals surface area contributed by atoms with E-state index in [1.165, 1.54) is 18.0 Å². The molecule has 1 amide bonds. The van der Waals surface area contributed by atoms with Gasteiger partial charge < -0.3 is 19.9 Å².